The Morgan fingerprint density at radius 2 is 2.11 bits per heavy atom. The summed E-state index contributed by atoms with van der Waals surface area (Å²) in [6.45, 7) is 0.796. The second kappa shape index (κ2) is 5.34. The highest BCUT2D eigenvalue weighted by Gasteiger charge is 2.36. The minimum absolute atomic E-state index is 0.0992. The van der Waals surface area contributed by atoms with Crippen molar-refractivity contribution in [2.75, 3.05) is 19.6 Å². The molecule has 2 amide bonds. The lowest BCUT2D eigenvalue weighted by atomic mass is 10.0. The zero-order valence-corrected chi connectivity index (χ0v) is 10.0. The van der Waals surface area contributed by atoms with Gasteiger partial charge < -0.3 is 15.3 Å². The fraction of sp³-hybridized carbons (Fsp3) is 0.727. The number of amides is 2. The Kier molecular flexibility index (Phi) is 3.81. The van der Waals surface area contributed by atoms with Crippen LogP contribution in [0.1, 0.15) is 19.3 Å². The third-order valence-electron chi connectivity index (χ3n) is 3.38. The van der Waals surface area contributed by atoms with Crippen LogP contribution in [0, 0.1) is 0 Å². The molecule has 18 heavy (non-hydrogen) atoms. The first-order chi connectivity index (χ1) is 8.59. The maximum atomic E-state index is 12.2. The van der Waals surface area contributed by atoms with Crippen LogP contribution in [0.2, 0.25) is 0 Å². The van der Waals surface area contributed by atoms with Crippen LogP contribution in [-0.2, 0) is 14.4 Å². The van der Waals surface area contributed by atoms with E-state index in [1.165, 1.54) is 4.90 Å². The van der Waals surface area contributed by atoms with Crippen LogP contribution in [0.3, 0.4) is 0 Å². The highest BCUT2D eigenvalue weighted by Crippen LogP contribution is 2.18. The molecule has 0 radical (unpaired) electrons. The Morgan fingerprint density at radius 3 is 2.72 bits per heavy atom. The minimum atomic E-state index is -0.956. The predicted molar refractivity (Wildman–Crippen MR) is 61.8 cm³/mol. The van der Waals surface area contributed by atoms with Gasteiger partial charge in [0.2, 0.25) is 11.8 Å². The minimum Gasteiger partial charge on any atom is -0.480 e. The van der Waals surface area contributed by atoms with Crippen LogP contribution >= 0.6 is 0 Å². The van der Waals surface area contributed by atoms with Gasteiger partial charge >= 0.3 is 5.97 Å². The molecular formula is C11H17N3O4. The van der Waals surface area contributed by atoms with Crippen molar-refractivity contribution in [1.82, 2.24) is 15.5 Å². The molecule has 7 nitrogen and oxygen atoms in total. The molecule has 2 atom stereocenters. The monoisotopic (exact) mass is 255 g/mol. The van der Waals surface area contributed by atoms with Gasteiger partial charge in [-0.15, -0.1) is 0 Å². The molecule has 3 N–H and O–H groups in total. The molecule has 2 rings (SSSR count). The van der Waals surface area contributed by atoms with E-state index >= 15 is 0 Å². The van der Waals surface area contributed by atoms with Crippen molar-refractivity contribution < 1.29 is 19.5 Å². The lowest BCUT2D eigenvalue weighted by Gasteiger charge is -2.36. The lowest BCUT2D eigenvalue weighted by molar-refractivity contribution is -0.153. The van der Waals surface area contributed by atoms with Gasteiger partial charge in [0.05, 0.1) is 6.54 Å². The van der Waals surface area contributed by atoms with Crippen LogP contribution in [0.4, 0.5) is 0 Å². The molecule has 100 valence electrons. The number of rotatable bonds is 2. The zero-order valence-electron chi connectivity index (χ0n) is 10.0. The van der Waals surface area contributed by atoms with Gasteiger partial charge in [0.1, 0.15) is 12.1 Å². The quantitative estimate of drug-likeness (QED) is 0.560. The number of hydrogen-bond donors (Lipinski definition) is 3. The molecule has 0 aromatic heterocycles. The average molecular weight is 255 g/mol. The first-order valence-corrected chi connectivity index (χ1v) is 6.13. The largest absolute Gasteiger partial charge is 0.480 e. The fourth-order valence-electron chi connectivity index (χ4n) is 2.39. The van der Waals surface area contributed by atoms with Crippen LogP contribution < -0.4 is 10.6 Å². The molecule has 2 aliphatic rings. The first-order valence-electron chi connectivity index (χ1n) is 6.13. The summed E-state index contributed by atoms with van der Waals surface area (Å²) in [6.07, 6.45) is 2.16. The van der Waals surface area contributed by atoms with E-state index in [0.29, 0.717) is 13.0 Å². The summed E-state index contributed by atoms with van der Waals surface area (Å²) < 4.78 is 0. The third kappa shape index (κ3) is 2.61. The fourth-order valence-corrected chi connectivity index (χ4v) is 2.39. The molecule has 2 aliphatic heterocycles. The second-order valence-corrected chi connectivity index (χ2v) is 4.62. The number of carboxylic acid groups (broad SMARTS) is 1. The average Bonchev–Trinajstić information content (AvgIpc) is 2.39. The molecule has 0 saturated carbocycles. The second-order valence-electron chi connectivity index (χ2n) is 4.62. The summed E-state index contributed by atoms with van der Waals surface area (Å²) in [5.74, 6) is -1.34. The van der Waals surface area contributed by atoms with Gasteiger partial charge in [0, 0.05) is 13.1 Å². The van der Waals surface area contributed by atoms with Gasteiger partial charge in [-0.3, -0.25) is 14.9 Å². The molecule has 7 heteroatoms. The van der Waals surface area contributed by atoms with E-state index in [0.717, 1.165) is 12.8 Å². The predicted octanol–water partition coefficient (Wildman–Crippen LogP) is -1.46. The van der Waals surface area contributed by atoms with Crippen LogP contribution in [0.5, 0.6) is 0 Å². The summed E-state index contributed by atoms with van der Waals surface area (Å²) in [5.41, 5.74) is 0. The van der Waals surface area contributed by atoms with E-state index in [9.17, 15) is 14.4 Å². The third-order valence-corrected chi connectivity index (χ3v) is 3.38. The topological polar surface area (TPSA) is 98.7 Å². The van der Waals surface area contributed by atoms with E-state index in [2.05, 4.69) is 10.6 Å². The molecule has 0 aliphatic carbocycles. The van der Waals surface area contributed by atoms with Gasteiger partial charge in [-0.2, -0.15) is 0 Å². The van der Waals surface area contributed by atoms with Gasteiger partial charge in [0.15, 0.2) is 0 Å². The van der Waals surface area contributed by atoms with E-state index < -0.39 is 18.1 Å². The standard InChI is InChI=1S/C11H17N3O4/c15-9-6-12-7(5-13-9)10(16)14-4-2-1-3-8(14)11(17)18/h7-8,12H,1-6H2,(H,13,15)(H,17,18)/t7?,8-/m1/s1. The van der Waals surface area contributed by atoms with Gasteiger partial charge in [-0.05, 0) is 19.3 Å². The number of piperazine rings is 1. The summed E-state index contributed by atoms with van der Waals surface area (Å²) in [5, 5.41) is 14.5. The molecular weight excluding hydrogens is 238 g/mol. The van der Waals surface area contributed by atoms with Crippen molar-refractivity contribution in [2.45, 2.75) is 31.3 Å². The normalized spacial score (nSPS) is 28.7. The van der Waals surface area contributed by atoms with E-state index in [1.807, 2.05) is 0 Å². The molecule has 2 heterocycles. The summed E-state index contributed by atoms with van der Waals surface area (Å²) >= 11 is 0. The Balaban J connectivity index is 2.02. The van der Waals surface area contributed by atoms with Crippen molar-refractivity contribution in [3.63, 3.8) is 0 Å². The Labute approximate surface area is 105 Å². The summed E-state index contributed by atoms with van der Waals surface area (Å²) in [7, 11) is 0. The highest BCUT2D eigenvalue weighted by atomic mass is 16.4. The van der Waals surface area contributed by atoms with Crippen molar-refractivity contribution in [3.05, 3.63) is 0 Å². The SMILES string of the molecule is O=C1CNC(C(=O)N2CCCC[C@@H]2C(=O)O)CN1. The zero-order chi connectivity index (χ0) is 13.1. The van der Waals surface area contributed by atoms with Crippen LogP contribution in [0.15, 0.2) is 0 Å². The van der Waals surface area contributed by atoms with Crippen molar-refractivity contribution >= 4 is 17.8 Å². The Morgan fingerprint density at radius 1 is 1.33 bits per heavy atom. The number of piperidine rings is 1. The smallest absolute Gasteiger partial charge is 0.326 e. The molecule has 2 fully saturated rings. The van der Waals surface area contributed by atoms with Crippen LogP contribution in [-0.4, -0.2) is 59.5 Å². The number of aliphatic carboxylic acids is 1. The van der Waals surface area contributed by atoms with Gasteiger partial charge in [-0.25, -0.2) is 4.79 Å². The van der Waals surface area contributed by atoms with Crippen molar-refractivity contribution in [3.8, 4) is 0 Å². The van der Waals surface area contributed by atoms with E-state index in [1.54, 1.807) is 0 Å². The van der Waals surface area contributed by atoms with E-state index in [4.69, 9.17) is 5.11 Å². The molecule has 1 unspecified atom stereocenters. The molecule has 0 spiro atoms. The first kappa shape index (κ1) is 12.8. The Hall–Kier alpha value is -1.63. The van der Waals surface area contributed by atoms with Gasteiger partial charge in [0.25, 0.3) is 0 Å². The number of carboxylic acids is 1. The number of carbonyl (C=O) groups excluding carboxylic acids is 2. The maximum Gasteiger partial charge on any atom is 0.326 e. The molecule has 0 bridgehead atoms. The van der Waals surface area contributed by atoms with Gasteiger partial charge in [-0.1, -0.05) is 0 Å². The number of nitrogens with zero attached hydrogens (tertiary/aromatic N) is 1. The number of nitrogens with one attached hydrogen (secondary N) is 2. The number of carbonyl (C=O) groups is 3. The molecule has 2 saturated heterocycles. The molecule has 0 aromatic rings. The highest BCUT2D eigenvalue weighted by molar-refractivity contribution is 5.89. The Bertz CT molecular complexity index is 361. The van der Waals surface area contributed by atoms with Crippen LogP contribution in [0.25, 0.3) is 0 Å². The van der Waals surface area contributed by atoms with Crippen molar-refractivity contribution in [2.24, 2.45) is 0 Å². The summed E-state index contributed by atoms with van der Waals surface area (Å²) in [6, 6.07) is -1.24. The number of likely N-dealkylation sites (tertiary alicyclic amines) is 1. The maximum absolute atomic E-state index is 12.2. The summed E-state index contributed by atoms with van der Waals surface area (Å²) in [4.78, 5) is 35.7. The van der Waals surface area contributed by atoms with Crippen molar-refractivity contribution in [1.29, 1.82) is 0 Å². The van der Waals surface area contributed by atoms with E-state index in [-0.39, 0.29) is 24.9 Å². The lowest BCUT2D eigenvalue weighted by Crippen LogP contribution is -2.61. The number of hydrogen-bond acceptors (Lipinski definition) is 4. The molecule has 0 aromatic carbocycles.